The number of rotatable bonds is 13. The minimum absolute atomic E-state index is 0.0180. The maximum Gasteiger partial charge on any atom is 0.391 e. The van der Waals surface area contributed by atoms with Gasteiger partial charge in [-0.25, -0.2) is 13.4 Å². The number of halogens is 3. The Hall–Kier alpha value is -4.25. The monoisotopic (exact) mass is 982 g/mol. The van der Waals surface area contributed by atoms with Crippen molar-refractivity contribution in [1.29, 1.82) is 0 Å². The van der Waals surface area contributed by atoms with Crippen molar-refractivity contribution in [2.75, 3.05) is 32.8 Å². The van der Waals surface area contributed by atoms with E-state index >= 15 is 4.79 Å². The van der Waals surface area contributed by atoms with E-state index in [0.717, 1.165) is 75.2 Å². The standard InChI is InChI=1S/C52H69F3N4O9S/c1-3-35-30-51(35,49(63)57-69(64,65)50(2)21-22-50)31-43(60)42-28-37-32-59(42)48(62)40(33-13-6-4-7-14-33)29-45(61)68-44-27-34(44)15-8-5-9-17-39-46(38-16-10-11-18-41(38)56-47(39)67-37)66-26-12-23-58-24-19-36(20-25-58)52(53,54)55/h3,10-11,16,18,33-37,40,42,44H,1,4-9,12-15,17,19-32H2,2H3,(H,57,63)/t34-,35-,37-,40+,42+,44-,51-/m1/s1. The number of carbonyl (C=O) groups excluding carboxylic acids is 4. The summed E-state index contributed by atoms with van der Waals surface area (Å²) in [6.45, 7) is 7.17. The summed E-state index contributed by atoms with van der Waals surface area (Å²) >= 11 is 0. The van der Waals surface area contributed by atoms with Gasteiger partial charge in [0, 0.05) is 24.8 Å². The fourth-order valence-corrected chi connectivity index (χ4v) is 13.1. The molecule has 1 N–H and O–H groups in total. The van der Waals surface area contributed by atoms with E-state index < -0.39 is 68.1 Å². The van der Waals surface area contributed by atoms with E-state index in [2.05, 4.69) is 16.2 Å². The molecule has 3 aliphatic heterocycles. The number of aromatic nitrogens is 1. The van der Waals surface area contributed by atoms with Crippen molar-refractivity contribution in [3.05, 3.63) is 42.5 Å². The summed E-state index contributed by atoms with van der Waals surface area (Å²) in [5, 5.41) is 0.796. The van der Waals surface area contributed by atoms with Crippen molar-refractivity contribution in [3.63, 3.8) is 0 Å². The lowest BCUT2D eigenvalue weighted by Gasteiger charge is -2.34. The van der Waals surface area contributed by atoms with Gasteiger partial charge in [-0.15, -0.1) is 6.58 Å². The number of nitrogens with zero attached hydrogens (tertiary/aromatic N) is 3. The van der Waals surface area contributed by atoms with Crippen LogP contribution in [0.15, 0.2) is 36.9 Å². The average molecular weight is 983 g/mol. The Labute approximate surface area is 404 Å². The number of nitrogens with one attached hydrogen (secondary N) is 1. The third-order valence-corrected chi connectivity index (χ3v) is 18.9. The normalized spacial score (nSPS) is 30.5. The number of hydrogen-bond acceptors (Lipinski definition) is 11. The van der Waals surface area contributed by atoms with Gasteiger partial charge in [-0.3, -0.25) is 23.9 Å². The van der Waals surface area contributed by atoms with Gasteiger partial charge in [-0.1, -0.05) is 50.3 Å². The number of sulfonamides is 1. The first-order valence-electron chi connectivity index (χ1n) is 25.7. The molecule has 9 rings (SSSR count). The first-order valence-corrected chi connectivity index (χ1v) is 27.2. The molecule has 69 heavy (non-hydrogen) atoms. The van der Waals surface area contributed by atoms with Gasteiger partial charge in [-0.05, 0) is 127 Å². The van der Waals surface area contributed by atoms with Crippen LogP contribution in [-0.2, 0) is 40.4 Å². The zero-order valence-corrected chi connectivity index (χ0v) is 40.8. The molecule has 0 radical (unpaired) electrons. The van der Waals surface area contributed by atoms with Gasteiger partial charge in [-0.2, -0.15) is 13.2 Å². The number of ether oxygens (including phenoxy) is 3. The van der Waals surface area contributed by atoms with Crippen LogP contribution in [0.25, 0.3) is 10.9 Å². The van der Waals surface area contributed by atoms with E-state index in [1.54, 1.807) is 17.9 Å². The molecule has 2 aromatic rings. The number of likely N-dealkylation sites (tertiary alicyclic amines) is 1. The van der Waals surface area contributed by atoms with Gasteiger partial charge in [0.15, 0.2) is 5.78 Å². The fourth-order valence-electron chi connectivity index (χ4n) is 11.8. The van der Waals surface area contributed by atoms with Crippen LogP contribution in [0.1, 0.15) is 134 Å². The number of esters is 1. The lowest BCUT2D eigenvalue weighted by molar-refractivity contribution is -0.185. The number of Topliss-reactive ketones (excluding diaryl/α,β-unsaturated/α-hetero) is 1. The highest BCUT2D eigenvalue weighted by atomic mass is 32.2. The molecule has 7 atom stereocenters. The molecule has 4 aliphatic carbocycles. The molecule has 378 valence electrons. The van der Waals surface area contributed by atoms with Crippen LogP contribution in [0.4, 0.5) is 13.2 Å². The van der Waals surface area contributed by atoms with Crippen LogP contribution >= 0.6 is 0 Å². The second-order valence-corrected chi connectivity index (χ2v) is 23.8. The molecule has 1 aromatic carbocycles. The summed E-state index contributed by atoms with van der Waals surface area (Å²) in [4.78, 5) is 66.5. The lowest BCUT2D eigenvalue weighted by atomic mass is 9.77. The van der Waals surface area contributed by atoms with E-state index in [9.17, 15) is 36.0 Å². The van der Waals surface area contributed by atoms with E-state index in [4.69, 9.17) is 19.2 Å². The molecular weight excluding hydrogens is 914 g/mol. The summed E-state index contributed by atoms with van der Waals surface area (Å²) in [7, 11) is -4.00. The first-order chi connectivity index (χ1) is 33.0. The van der Waals surface area contributed by atoms with Gasteiger partial charge in [0.2, 0.25) is 27.7 Å². The molecule has 1 aromatic heterocycles. The number of pyridine rings is 1. The predicted molar refractivity (Wildman–Crippen MR) is 252 cm³/mol. The van der Waals surface area contributed by atoms with Gasteiger partial charge in [0.05, 0.1) is 58.7 Å². The number of benzene rings is 1. The van der Waals surface area contributed by atoms with E-state index in [0.29, 0.717) is 69.1 Å². The molecule has 2 amide bonds. The molecule has 0 spiro atoms. The van der Waals surface area contributed by atoms with E-state index in [1.165, 1.54) is 0 Å². The number of carbonyl (C=O) groups is 4. The quantitative estimate of drug-likeness (QED) is 0.117. The number of para-hydroxylation sites is 1. The van der Waals surface area contributed by atoms with Crippen molar-refractivity contribution in [1.82, 2.24) is 19.5 Å². The van der Waals surface area contributed by atoms with Crippen LogP contribution in [-0.4, -0.2) is 109 Å². The fraction of sp³-hybridized carbons (Fsp3) is 0.712. The Morgan fingerprint density at radius 1 is 0.971 bits per heavy atom. The molecule has 2 bridgehead atoms. The topological polar surface area (TPSA) is 162 Å². The highest BCUT2D eigenvalue weighted by Crippen LogP contribution is 2.57. The lowest BCUT2D eigenvalue weighted by Crippen LogP contribution is -2.48. The van der Waals surface area contributed by atoms with Gasteiger partial charge < -0.3 is 24.0 Å². The van der Waals surface area contributed by atoms with Crippen LogP contribution in [0, 0.1) is 35.0 Å². The second kappa shape index (κ2) is 20.1. The Bertz CT molecular complexity index is 2380. The highest BCUT2D eigenvalue weighted by molar-refractivity contribution is 7.91. The number of piperidine rings is 1. The number of ketones is 1. The molecule has 17 heteroatoms. The largest absolute Gasteiger partial charge is 0.492 e. The van der Waals surface area contributed by atoms with Crippen molar-refractivity contribution < 1.29 is 55.0 Å². The van der Waals surface area contributed by atoms with Crippen LogP contribution in [0.5, 0.6) is 11.6 Å². The van der Waals surface area contributed by atoms with Gasteiger partial charge in [0.1, 0.15) is 18.0 Å². The molecule has 4 heterocycles. The second-order valence-electron chi connectivity index (χ2n) is 21.6. The minimum atomic E-state index is -4.18. The molecular formula is C52H69F3N4O9S. The third kappa shape index (κ3) is 11.0. The number of allylic oxidation sites excluding steroid dienone is 1. The summed E-state index contributed by atoms with van der Waals surface area (Å²) in [6, 6.07) is 6.58. The highest BCUT2D eigenvalue weighted by Gasteiger charge is 2.62. The van der Waals surface area contributed by atoms with Gasteiger partial charge in [0.25, 0.3) is 0 Å². The van der Waals surface area contributed by atoms with E-state index in [-0.39, 0.29) is 74.7 Å². The zero-order valence-electron chi connectivity index (χ0n) is 39.9. The van der Waals surface area contributed by atoms with Crippen LogP contribution < -0.4 is 14.2 Å². The molecule has 0 unspecified atom stereocenters. The summed E-state index contributed by atoms with van der Waals surface area (Å²) in [5.74, 6) is -3.16. The molecule has 4 saturated carbocycles. The predicted octanol–water partition coefficient (Wildman–Crippen LogP) is 8.41. The van der Waals surface area contributed by atoms with Crippen LogP contribution in [0.2, 0.25) is 0 Å². The smallest absolute Gasteiger partial charge is 0.391 e. The Morgan fingerprint density at radius 3 is 2.38 bits per heavy atom. The molecule has 2 saturated heterocycles. The van der Waals surface area contributed by atoms with Gasteiger partial charge >= 0.3 is 12.1 Å². The summed E-state index contributed by atoms with van der Waals surface area (Å²) < 4.78 is 87.5. The van der Waals surface area contributed by atoms with Crippen molar-refractivity contribution in [2.24, 2.45) is 35.0 Å². The minimum Gasteiger partial charge on any atom is -0.492 e. The third-order valence-electron chi connectivity index (χ3n) is 16.8. The Kier molecular flexibility index (Phi) is 14.5. The Balaban J connectivity index is 1.01. The maximum absolute atomic E-state index is 15.2. The molecule has 6 fully saturated rings. The summed E-state index contributed by atoms with van der Waals surface area (Å²) in [5.41, 5.74) is 0.0484. The van der Waals surface area contributed by atoms with Crippen molar-refractivity contribution >= 4 is 44.5 Å². The van der Waals surface area contributed by atoms with E-state index in [1.807, 2.05) is 24.3 Å². The molecule has 13 nitrogen and oxygen atoms in total. The number of fused-ring (bicyclic) bond motifs is 5. The zero-order chi connectivity index (χ0) is 48.7. The first kappa shape index (κ1) is 49.7. The SMILES string of the molecule is C=C[C@@H]1C[C@]1(CC(=O)[C@@H]1C[C@@H]2CN1C(=O)[C@H](C1CCCCC1)CC(=O)O[C@@H]1C[C@H]1CCCCCc1c(nc3ccccc3c1OCCCN1CCC(C(F)(F)F)CC1)O2)C(=O)NS(=O)(=O)C1(C)CC1. The average Bonchev–Trinajstić information content (AvgIpc) is 4.29. The molecule has 7 aliphatic rings. The Morgan fingerprint density at radius 2 is 1.68 bits per heavy atom. The summed E-state index contributed by atoms with van der Waals surface area (Å²) in [6.07, 6.45) is 7.32. The van der Waals surface area contributed by atoms with Crippen LogP contribution in [0.3, 0.4) is 0 Å². The maximum atomic E-state index is 15.2. The number of alkyl halides is 3. The van der Waals surface area contributed by atoms with Crippen molar-refractivity contribution in [2.45, 2.75) is 165 Å². The number of hydrogen-bond donors (Lipinski definition) is 1. The van der Waals surface area contributed by atoms with Crippen molar-refractivity contribution in [3.8, 4) is 11.6 Å². The number of amides is 2.